The number of nitrogens with one attached hydrogen (secondary N) is 1. The molecule has 5 rings (SSSR count). The van der Waals surface area contributed by atoms with Crippen LogP contribution in [0, 0.1) is 17.8 Å². The van der Waals surface area contributed by atoms with Gasteiger partial charge in [0.05, 0.1) is 12.1 Å². The SMILES string of the molecule is O=CN(CC1C=C(Br)NO1)OC12CC3CC(CC(C3)C1)C2. The maximum absolute atomic E-state index is 11.4. The van der Waals surface area contributed by atoms with E-state index in [2.05, 4.69) is 21.4 Å². The minimum absolute atomic E-state index is 0.0946. The summed E-state index contributed by atoms with van der Waals surface area (Å²) in [5.74, 6) is 2.43. The van der Waals surface area contributed by atoms with Crippen LogP contribution in [0.15, 0.2) is 10.7 Å². The van der Waals surface area contributed by atoms with Crippen molar-refractivity contribution in [2.45, 2.75) is 50.2 Å². The summed E-state index contributed by atoms with van der Waals surface area (Å²) in [6, 6.07) is 0. The van der Waals surface area contributed by atoms with E-state index in [1.54, 1.807) is 0 Å². The monoisotopic (exact) mass is 356 g/mol. The van der Waals surface area contributed by atoms with E-state index in [0.717, 1.165) is 48.0 Å². The van der Waals surface area contributed by atoms with Gasteiger partial charge < -0.3 is 0 Å². The smallest absolute Gasteiger partial charge is 0.233 e. The van der Waals surface area contributed by atoms with Crippen molar-refractivity contribution in [3.63, 3.8) is 0 Å². The quantitative estimate of drug-likeness (QED) is 0.467. The van der Waals surface area contributed by atoms with Crippen molar-refractivity contribution in [1.29, 1.82) is 0 Å². The molecule has 1 aliphatic heterocycles. The zero-order valence-corrected chi connectivity index (χ0v) is 13.5. The van der Waals surface area contributed by atoms with Gasteiger partial charge in [0.25, 0.3) is 0 Å². The molecular formula is C15H21BrN2O3. The Kier molecular flexibility index (Phi) is 3.51. The molecule has 5 nitrogen and oxygen atoms in total. The van der Waals surface area contributed by atoms with Gasteiger partial charge in [0.2, 0.25) is 6.41 Å². The Morgan fingerprint density at radius 3 is 2.43 bits per heavy atom. The molecule has 0 spiro atoms. The Morgan fingerprint density at radius 2 is 1.95 bits per heavy atom. The van der Waals surface area contributed by atoms with Gasteiger partial charge in [-0.15, -0.1) is 0 Å². The zero-order chi connectivity index (χ0) is 14.4. The van der Waals surface area contributed by atoms with Crippen LogP contribution in [-0.4, -0.2) is 29.7 Å². The Balaban J connectivity index is 1.43. The molecule has 21 heavy (non-hydrogen) atoms. The van der Waals surface area contributed by atoms with Gasteiger partial charge in [-0.2, -0.15) is 0 Å². The molecule has 0 aromatic heterocycles. The predicted octanol–water partition coefficient (Wildman–Crippen LogP) is 2.48. The maximum Gasteiger partial charge on any atom is 0.233 e. The molecule has 0 aromatic rings. The predicted molar refractivity (Wildman–Crippen MR) is 79.8 cm³/mol. The number of carbonyl (C=O) groups is 1. The van der Waals surface area contributed by atoms with Crippen molar-refractivity contribution < 1.29 is 14.5 Å². The molecule has 5 aliphatic rings. The molecule has 4 saturated carbocycles. The number of nitrogens with zero attached hydrogens (tertiary/aromatic N) is 1. The maximum atomic E-state index is 11.4. The fourth-order valence-electron chi connectivity index (χ4n) is 5.12. The third-order valence-corrected chi connectivity index (χ3v) is 5.84. The van der Waals surface area contributed by atoms with Crippen LogP contribution in [0.25, 0.3) is 0 Å². The van der Waals surface area contributed by atoms with Crippen molar-refractivity contribution >= 4 is 22.3 Å². The van der Waals surface area contributed by atoms with Crippen LogP contribution in [0.1, 0.15) is 38.5 Å². The number of rotatable bonds is 5. The summed E-state index contributed by atoms with van der Waals surface area (Å²) in [6.45, 7) is 0.424. The number of halogens is 1. The lowest BCUT2D eigenvalue weighted by molar-refractivity contribution is -0.279. The molecule has 0 radical (unpaired) electrons. The van der Waals surface area contributed by atoms with Gasteiger partial charge in [-0.25, -0.2) is 5.06 Å². The van der Waals surface area contributed by atoms with Crippen molar-refractivity contribution in [3.05, 3.63) is 10.7 Å². The first-order chi connectivity index (χ1) is 10.1. The number of carbonyl (C=O) groups excluding carboxylic acids is 1. The van der Waals surface area contributed by atoms with E-state index in [0.29, 0.717) is 6.54 Å². The van der Waals surface area contributed by atoms with Crippen LogP contribution in [0.4, 0.5) is 0 Å². The van der Waals surface area contributed by atoms with Crippen LogP contribution in [-0.2, 0) is 14.5 Å². The van der Waals surface area contributed by atoms with Crippen LogP contribution in [0.5, 0.6) is 0 Å². The Morgan fingerprint density at radius 1 is 1.33 bits per heavy atom. The first-order valence-corrected chi connectivity index (χ1v) is 8.63. The summed E-state index contributed by atoms with van der Waals surface area (Å²) in [7, 11) is 0. The lowest BCUT2D eigenvalue weighted by atomic mass is 9.54. The number of hydroxylamine groups is 3. The fraction of sp³-hybridized carbons (Fsp3) is 0.800. The molecule has 0 aromatic carbocycles. The third-order valence-electron chi connectivity index (χ3n) is 5.41. The highest BCUT2D eigenvalue weighted by Crippen LogP contribution is 2.57. The summed E-state index contributed by atoms with van der Waals surface area (Å²) in [5, 5.41) is 1.45. The molecule has 1 unspecified atom stereocenters. The molecule has 1 amide bonds. The highest BCUT2D eigenvalue weighted by molar-refractivity contribution is 9.11. The summed E-state index contributed by atoms with van der Waals surface area (Å²) < 4.78 is 0.799. The molecule has 0 saturated heterocycles. The lowest BCUT2D eigenvalue weighted by Crippen LogP contribution is -2.55. The minimum Gasteiger partial charge on any atom is -0.276 e. The molecule has 4 aliphatic carbocycles. The number of hydrogen-bond acceptors (Lipinski definition) is 4. The summed E-state index contributed by atoms with van der Waals surface area (Å²) in [4.78, 5) is 22.9. The van der Waals surface area contributed by atoms with Crippen LogP contribution >= 0.6 is 15.9 Å². The molecule has 6 heteroatoms. The van der Waals surface area contributed by atoms with Gasteiger partial charge in [0.1, 0.15) is 10.7 Å². The normalized spacial score (nSPS) is 43.6. The number of amides is 1. The second-order valence-corrected chi connectivity index (χ2v) is 8.02. The second-order valence-electron chi connectivity index (χ2n) is 7.17. The van der Waals surface area contributed by atoms with Crippen molar-refractivity contribution in [2.75, 3.05) is 6.54 Å². The van der Waals surface area contributed by atoms with E-state index in [-0.39, 0.29) is 11.7 Å². The summed E-state index contributed by atoms with van der Waals surface area (Å²) >= 11 is 3.32. The van der Waals surface area contributed by atoms with E-state index in [1.807, 2.05) is 6.08 Å². The van der Waals surface area contributed by atoms with E-state index in [4.69, 9.17) is 9.68 Å². The number of hydrogen-bond donors (Lipinski definition) is 1. The molecular weight excluding hydrogens is 336 g/mol. The molecule has 1 atom stereocenters. The third kappa shape index (κ3) is 2.73. The fourth-order valence-corrected chi connectivity index (χ4v) is 5.51. The van der Waals surface area contributed by atoms with Crippen LogP contribution in [0.3, 0.4) is 0 Å². The minimum atomic E-state index is -0.168. The van der Waals surface area contributed by atoms with Gasteiger partial charge in [0.15, 0.2) is 0 Å². The van der Waals surface area contributed by atoms with Gasteiger partial charge in [-0.05, 0) is 78.3 Å². The first kappa shape index (κ1) is 14.0. The summed E-state index contributed by atoms with van der Waals surface area (Å²) in [6.07, 6.45) is 9.99. The molecule has 1 N–H and O–H groups in total. The standard InChI is InChI=1S/C15H21BrN2O3/c16-14-4-13(20-17-14)8-18(9-19)21-15-5-10-1-11(6-15)3-12(2-10)7-15/h4,9-13,17H,1-3,5-8H2. The van der Waals surface area contributed by atoms with Crippen molar-refractivity contribution in [3.8, 4) is 0 Å². The van der Waals surface area contributed by atoms with Gasteiger partial charge in [-0.1, -0.05) is 0 Å². The largest absolute Gasteiger partial charge is 0.276 e. The van der Waals surface area contributed by atoms with Crippen LogP contribution < -0.4 is 5.48 Å². The average molecular weight is 357 g/mol. The van der Waals surface area contributed by atoms with Crippen LogP contribution in [0.2, 0.25) is 0 Å². The Hall–Kier alpha value is -0.590. The molecule has 116 valence electrons. The first-order valence-electron chi connectivity index (χ1n) is 7.84. The van der Waals surface area contributed by atoms with Gasteiger partial charge >= 0.3 is 0 Å². The zero-order valence-electron chi connectivity index (χ0n) is 12.0. The van der Waals surface area contributed by atoms with E-state index in [9.17, 15) is 4.79 Å². The van der Waals surface area contributed by atoms with Gasteiger partial charge in [-0.3, -0.25) is 19.9 Å². The summed E-state index contributed by atoms with van der Waals surface area (Å²) in [5.41, 5.74) is 2.64. The molecule has 4 fully saturated rings. The molecule has 4 bridgehead atoms. The second kappa shape index (κ2) is 5.25. The van der Waals surface area contributed by atoms with E-state index in [1.165, 1.54) is 24.3 Å². The van der Waals surface area contributed by atoms with E-state index >= 15 is 0 Å². The van der Waals surface area contributed by atoms with Gasteiger partial charge in [0, 0.05) is 0 Å². The highest BCUT2D eigenvalue weighted by Gasteiger charge is 2.53. The van der Waals surface area contributed by atoms with Crippen molar-refractivity contribution in [2.24, 2.45) is 17.8 Å². The molecule has 1 heterocycles. The van der Waals surface area contributed by atoms with E-state index < -0.39 is 0 Å². The average Bonchev–Trinajstić information content (AvgIpc) is 2.81. The Bertz CT molecular complexity index is 433. The highest BCUT2D eigenvalue weighted by atomic mass is 79.9. The topological polar surface area (TPSA) is 50.8 Å². The lowest BCUT2D eigenvalue weighted by Gasteiger charge is -2.56. The Labute approximate surface area is 133 Å². The van der Waals surface area contributed by atoms with Crippen molar-refractivity contribution in [1.82, 2.24) is 10.5 Å².